The second-order valence-corrected chi connectivity index (χ2v) is 5.19. The normalized spacial score (nSPS) is 10.3. The average molecular weight is 320 g/mol. The maximum Gasteiger partial charge on any atom is 0.255 e. The molecule has 98 valence electrons. The van der Waals surface area contributed by atoms with Gasteiger partial charge in [-0.1, -0.05) is 34.1 Å². The van der Waals surface area contributed by atoms with Gasteiger partial charge in [0.25, 0.3) is 5.91 Å². The van der Waals surface area contributed by atoms with Crippen LogP contribution in [0.5, 0.6) is 0 Å². The minimum atomic E-state index is -0.158. The molecule has 0 aliphatic carbocycles. The standard InChI is InChI=1S/C15H14BrNO2/c1-10-5-6-12(16)8-14(10)15(19)17-13-4-2-3-11(7-13)9-18/h2-8,18H,9H2,1H3,(H,17,19). The van der Waals surface area contributed by atoms with Gasteiger partial charge in [-0.15, -0.1) is 0 Å². The molecule has 4 heteroatoms. The van der Waals surface area contributed by atoms with Crippen LogP contribution < -0.4 is 5.32 Å². The topological polar surface area (TPSA) is 49.3 Å². The van der Waals surface area contributed by atoms with E-state index in [0.717, 1.165) is 15.6 Å². The predicted molar refractivity (Wildman–Crippen MR) is 79.2 cm³/mol. The molecule has 0 aromatic heterocycles. The molecule has 0 saturated heterocycles. The number of aryl methyl sites for hydroxylation is 1. The molecule has 19 heavy (non-hydrogen) atoms. The van der Waals surface area contributed by atoms with Gasteiger partial charge in [0.15, 0.2) is 0 Å². The number of benzene rings is 2. The van der Waals surface area contributed by atoms with Gasteiger partial charge < -0.3 is 10.4 Å². The van der Waals surface area contributed by atoms with Crippen molar-refractivity contribution in [3.05, 3.63) is 63.6 Å². The number of nitrogens with one attached hydrogen (secondary N) is 1. The molecule has 0 aliphatic rings. The van der Waals surface area contributed by atoms with E-state index in [-0.39, 0.29) is 12.5 Å². The van der Waals surface area contributed by atoms with Crippen molar-refractivity contribution in [3.8, 4) is 0 Å². The Bertz CT molecular complexity index is 611. The number of halogens is 1. The molecular formula is C15H14BrNO2. The van der Waals surface area contributed by atoms with Crippen LogP contribution in [-0.4, -0.2) is 11.0 Å². The van der Waals surface area contributed by atoms with E-state index in [1.807, 2.05) is 19.1 Å². The molecule has 0 atom stereocenters. The van der Waals surface area contributed by atoms with Crippen LogP contribution in [0.3, 0.4) is 0 Å². The van der Waals surface area contributed by atoms with Crippen molar-refractivity contribution in [1.29, 1.82) is 0 Å². The Morgan fingerprint density at radius 2 is 2.05 bits per heavy atom. The van der Waals surface area contributed by atoms with Crippen molar-refractivity contribution in [3.63, 3.8) is 0 Å². The van der Waals surface area contributed by atoms with E-state index in [4.69, 9.17) is 5.11 Å². The fraction of sp³-hybridized carbons (Fsp3) is 0.133. The van der Waals surface area contributed by atoms with Crippen molar-refractivity contribution < 1.29 is 9.90 Å². The molecule has 0 saturated carbocycles. The van der Waals surface area contributed by atoms with Crippen molar-refractivity contribution >= 4 is 27.5 Å². The zero-order chi connectivity index (χ0) is 13.8. The lowest BCUT2D eigenvalue weighted by atomic mass is 10.1. The molecule has 1 amide bonds. The van der Waals surface area contributed by atoms with Gasteiger partial charge in [-0.25, -0.2) is 0 Å². The number of anilines is 1. The number of carbonyl (C=O) groups excluding carboxylic acids is 1. The first-order chi connectivity index (χ1) is 9.10. The van der Waals surface area contributed by atoms with E-state index in [9.17, 15) is 4.79 Å². The molecule has 0 spiro atoms. The van der Waals surface area contributed by atoms with Crippen LogP contribution in [-0.2, 0) is 6.61 Å². The lowest BCUT2D eigenvalue weighted by Gasteiger charge is -2.09. The molecule has 0 unspecified atom stereocenters. The fourth-order valence-corrected chi connectivity index (χ4v) is 2.15. The molecule has 0 heterocycles. The summed E-state index contributed by atoms with van der Waals surface area (Å²) in [6.07, 6.45) is 0. The Morgan fingerprint density at radius 3 is 2.79 bits per heavy atom. The van der Waals surface area contributed by atoms with E-state index in [2.05, 4.69) is 21.2 Å². The molecule has 2 aromatic rings. The van der Waals surface area contributed by atoms with Crippen LogP contribution in [0.4, 0.5) is 5.69 Å². The molecule has 0 fully saturated rings. The summed E-state index contributed by atoms with van der Waals surface area (Å²) >= 11 is 3.36. The number of rotatable bonds is 3. The summed E-state index contributed by atoms with van der Waals surface area (Å²) in [5.74, 6) is -0.158. The molecule has 2 N–H and O–H groups in total. The maximum atomic E-state index is 12.2. The first-order valence-electron chi connectivity index (χ1n) is 5.87. The lowest BCUT2D eigenvalue weighted by Crippen LogP contribution is -2.13. The highest BCUT2D eigenvalue weighted by Crippen LogP contribution is 2.18. The molecule has 0 bridgehead atoms. The van der Waals surface area contributed by atoms with E-state index < -0.39 is 0 Å². The van der Waals surface area contributed by atoms with Gasteiger partial charge in [0.2, 0.25) is 0 Å². The lowest BCUT2D eigenvalue weighted by molar-refractivity contribution is 0.102. The van der Waals surface area contributed by atoms with Gasteiger partial charge in [-0.05, 0) is 42.3 Å². The van der Waals surface area contributed by atoms with Gasteiger partial charge >= 0.3 is 0 Å². The number of hydrogen-bond donors (Lipinski definition) is 2. The highest BCUT2D eigenvalue weighted by atomic mass is 79.9. The summed E-state index contributed by atoms with van der Waals surface area (Å²) in [5.41, 5.74) is 2.99. The van der Waals surface area contributed by atoms with Crippen LogP contribution >= 0.6 is 15.9 Å². The second kappa shape index (κ2) is 5.99. The Morgan fingerprint density at radius 1 is 1.26 bits per heavy atom. The summed E-state index contributed by atoms with van der Waals surface area (Å²) in [6.45, 7) is 1.85. The number of amides is 1. The summed E-state index contributed by atoms with van der Waals surface area (Å²) in [5, 5.41) is 11.9. The van der Waals surface area contributed by atoms with Crippen LogP contribution in [0.15, 0.2) is 46.9 Å². The predicted octanol–water partition coefficient (Wildman–Crippen LogP) is 3.50. The smallest absolute Gasteiger partial charge is 0.255 e. The summed E-state index contributed by atoms with van der Waals surface area (Å²) in [7, 11) is 0. The van der Waals surface area contributed by atoms with Gasteiger partial charge in [-0.3, -0.25) is 4.79 Å². The first-order valence-corrected chi connectivity index (χ1v) is 6.67. The fourth-order valence-electron chi connectivity index (χ4n) is 1.78. The van der Waals surface area contributed by atoms with Crippen LogP contribution in [0.1, 0.15) is 21.5 Å². The van der Waals surface area contributed by atoms with E-state index >= 15 is 0 Å². The molecular weight excluding hydrogens is 306 g/mol. The summed E-state index contributed by atoms with van der Waals surface area (Å²) < 4.78 is 0.868. The second-order valence-electron chi connectivity index (χ2n) is 4.27. The van der Waals surface area contributed by atoms with Gasteiger partial charge in [0.1, 0.15) is 0 Å². The third-order valence-electron chi connectivity index (χ3n) is 2.81. The van der Waals surface area contributed by atoms with Crippen LogP contribution in [0.25, 0.3) is 0 Å². The third kappa shape index (κ3) is 3.43. The largest absolute Gasteiger partial charge is 0.392 e. The van der Waals surface area contributed by atoms with Gasteiger partial charge in [0.05, 0.1) is 6.61 Å². The highest BCUT2D eigenvalue weighted by Gasteiger charge is 2.10. The van der Waals surface area contributed by atoms with E-state index in [1.165, 1.54) is 0 Å². The van der Waals surface area contributed by atoms with Crippen molar-refractivity contribution in [1.82, 2.24) is 0 Å². The highest BCUT2D eigenvalue weighted by molar-refractivity contribution is 9.10. The van der Waals surface area contributed by atoms with Gasteiger partial charge in [0, 0.05) is 15.7 Å². The van der Waals surface area contributed by atoms with Gasteiger partial charge in [-0.2, -0.15) is 0 Å². The SMILES string of the molecule is Cc1ccc(Br)cc1C(=O)Nc1cccc(CO)c1. The number of aliphatic hydroxyl groups is 1. The van der Waals surface area contributed by atoms with Crippen molar-refractivity contribution in [2.75, 3.05) is 5.32 Å². The zero-order valence-electron chi connectivity index (χ0n) is 10.5. The number of hydrogen-bond acceptors (Lipinski definition) is 2. The number of aliphatic hydroxyl groups excluding tert-OH is 1. The minimum absolute atomic E-state index is 0.0420. The average Bonchev–Trinajstić information content (AvgIpc) is 2.41. The van der Waals surface area contributed by atoms with E-state index in [0.29, 0.717) is 11.3 Å². The monoisotopic (exact) mass is 319 g/mol. The number of carbonyl (C=O) groups is 1. The zero-order valence-corrected chi connectivity index (χ0v) is 12.1. The molecule has 0 radical (unpaired) electrons. The summed E-state index contributed by atoms with van der Waals surface area (Å²) in [4.78, 5) is 12.2. The third-order valence-corrected chi connectivity index (χ3v) is 3.30. The van der Waals surface area contributed by atoms with Crippen LogP contribution in [0, 0.1) is 6.92 Å². The quantitative estimate of drug-likeness (QED) is 0.909. The first kappa shape index (κ1) is 13.8. The van der Waals surface area contributed by atoms with Crippen LogP contribution in [0.2, 0.25) is 0 Å². The molecule has 2 aromatic carbocycles. The molecule has 2 rings (SSSR count). The van der Waals surface area contributed by atoms with Crippen molar-refractivity contribution in [2.45, 2.75) is 13.5 Å². The Balaban J connectivity index is 2.23. The minimum Gasteiger partial charge on any atom is -0.392 e. The molecule has 3 nitrogen and oxygen atoms in total. The summed E-state index contributed by atoms with van der Waals surface area (Å²) in [6, 6.07) is 12.7. The van der Waals surface area contributed by atoms with Crippen molar-refractivity contribution in [2.24, 2.45) is 0 Å². The Kier molecular flexibility index (Phi) is 4.35. The Labute approximate surface area is 120 Å². The van der Waals surface area contributed by atoms with E-state index in [1.54, 1.807) is 30.3 Å². The molecule has 0 aliphatic heterocycles. The maximum absolute atomic E-state index is 12.2. The Hall–Kier alpha value is -1.65.